The van der Waals surface area contributed by atoms with Gasteiger partial charge in [-0.15, -0.1) is 12.4 Å². The summed E-state index contributed by atoms with van der Waals surface area (Å²) in [5, 5.41) is 18.8. The van der Waals surface area contributed by atoms with Gasteiger partial charge in [-0.1, -0.05) is 14.9 Å². The van der Waals surface area contributed by atoms with Crippen molar-refractivity contribution in [3.8, 4) is 6.07 Å². The van der Waals surface area contributed by atoms with E-state index in [1.54, 1.807) is 6.07 Å². The lowest BCUT2D eigenvalue weighted by atomic mass is 9.91. The second kappa shape index (κ2) is 22.1. The van der Waals surface area contributed by atoms with Crippen LogP contribution in [-0.2, 0) is 9.59 Å². The maximum absolute atomic E-state index is 12.2. The third-order valence-corrected chi connectivity index (χ3v) is 4.72. The summed E-state index contributed by atoms with van der Waals surface area (Å²) in [5.41, 5.74) is 14.4. The molecule has 10 nitrogen and oxygen atoms in total. The number of piperidine rings is 1. The van der Waals surface area contributed by atoms with Crippen molar-refractivity contribution >= 4 is 24.3 Å². The van der Waals surface area contributed by atoms with Gasteiger partial charge in [0.1, 0.15) is 0 Å². The Hall–Kier alpha value is -1.90. The van der Waals surface area contributed by atoms with Crippen LogP contribution in [-0.4, -0.2) is 71.4 Å². The molecule has 17 heteroatoms. The summed E-state index contributed by atoms with van der Waals surface area (Å²) in [6.45, 7) is 1.85. The molecule has 1 aliphatic heterocycles. The van der Waals surface area contributed by atoms with Gasteiger partial charge in [0, 0.05) is 14.4 Å². The number of hydrogen-bond donors (Lipinski definition) is 6. The molecule has 1 saturated heterocycles. The number of nitrogens with two attached hydrogens (primary N) is 4. The van der Waals surface area contributed by atoms with E-state index in [0.717, 1.165) is 0 Å². The van der Waals surface area contributed by atoms with Gasteiger partial charge in [0.05, 0.1) is 11.6 Å². The lowest BCUT2D eigenvalue weighted by Gasteiger charge is -2.30. The minimum absolute atomic E-state index is 0. The van der Waals surface area contributed by atoms with E-state index in [2.05, 4.69) is 5.32 Å². The number of amides is 1. The molecule has 1 fully saturated rings. The van der Waals surface area contributed by atoms with Crippen LogP contribution in [0.1, 0.15) is 61.7 Å². The molecule has 0 spiro atoms. The topological polar surface area (TPSA) is 226 Å². The number of rotatable bonds is 9. The third-order valence-electron chi connectivity index (χ3n) is 4.72. The second-order valence-corrected chi connectivity index (χ2v) is 7.70. The quantitative estimate of drug-likeness (QED) is 0.220. The molecule has 3 atom stereocenters. The molecule has 0 aromatic rings. The van der Waals surface area contributed by atoms with Crippen LogP contribution in [0, 0.1) is 11.3 Å². The van der Waals surface area contributed by atoms with Gasteiger partial charge in [-0.25, -0.2) is 31.1 Å². The Balaban J connectivity index is -0.0000000714. The third kappa shape index (κ3) is 16.5. The fraction of sp³-hybridized carbons (Fsp3) is 0.850. The molecular formula is C20H45ClF6N6O4. The Labute approximate surface area is 221 Å². The predicted molar refractivity (Wildman–Crippen MR) is 134 cm³/mol. The Bertz CT molecular complexity index is 668. The van der Waals surface area contributed by atoms with Crippen LogP contribution in [0.5, 0.6) is 0 Å². The largest absolute Gasteiger partial charge is 0.480 e. The van der Waals surface area contributed by atoms with Crippen molar-refractivity contribution in [1.82, 2.24) is 5.32 Å². The Kier molecular flexibility index (Phi) is 28.8. The van der Waals surface area contributed by atoms with Crippen LogP contribution in [0.2, 0.25) is 0 Å². The highest BCUT2D eigenvalue weighted by Gasteiger charge is 2.45. The lowest BCUT2D eigenvalue weighted by molar-refractivity contribution is -0.150. The van der Waals surface area contributed by atoms with Crippen molar-refractivity contribution < 1.29 is 47.9 Å². The van der Waals surface area contributed by atoms with Gasteiger partial charge >= 0.3 is 5.97 Å². The SMILES string of the molecule is C.C.CC(N)(CCC#N)C(F)F.Cl.NC1(C(F)F)CCCNC1=O.NCCCC(N)(C(=O)O)C(F)F.O.[HH]. The number of hydrogen-bond acceptors (Lipinski definition) is 7. The standard InChI is InChI=1S/C6H12F2N2O2.C6H10F2N2O.C6H10F2N2.2CH4.ClH.H2O.H2/c7-4(8)6(10,5(11)12)2-1-3-9;7-4(8)6(9)2-1-3-10-5(6)11;1-6(10,5(7)8)3-2-4-9;;;;;/h4H,1-3,9-10H2,(H,11,12);4H,1-3,9H2,(H,10,11);5H,2-3,10H2,1H3;2*1H4;1H;1H2;1H. The van der Waals surface area contributed by atoms with Gasteiger partial charge in [0.25, 0.3) is 19.3 Å². The normalized spacial score (nSPS) is 19.2. The summed E-state index contributed by atoms with van der Waals surface area (Å²) in [6.07, 6.45) is -7.82. The first-order valence-corrected chi connectivity index (χ1v) is 9.82. The van der Waals surface area contributed by atoms with Gasteiger partial charge in [0.2, 0.25) is 5.91 Å². The average Bonchev–Trinajstić information content (AvgIpc) is 2.73. The van der Waals surface area contributed by atoms with Gasteiger partial charge < -0.3 is 38.8 Å². The van der Waals surface area contributed by atoms with Crippen LogP contribution in [0.25, 0.3) is 0 Å². The van der Waals surface area contributed by atoms with E-state index in [4.69, 9.17) is 33.3 Å². The van der Waals surface area contributed by atoms with Gasteiger partial charge in [-0.3, -0.25) is 4.79 Å². The number of alkyl halides is 6. The minimum atomic E-state index is -3.07. The smallest absolute Gasteiger partial charge is 0.329 e. The molecule has 12 N–H and O–H groups in total. The maximum Gasteiger partial charge on any atom is 0.329 e. The molecule has 0 aromatic carbocycles. The molecule has 0 bridgehead atoms. The average molecular weight is 583 g/mol. The summed E-state index contributed by atoms with van der Waals surface area (Å²) in [7, 11) is 0. The van der Waals surface area contributed by atoms with E-state index in [-0.39, 0.29) is 72.8 Å². The molecule has 0 saturated carbocycles. The molecule has 0 aromatic heterocycles. The number of carboxylic acid groups (broad SMARTS) is 1. The van der Waals surface area contributed by atoms with Gasteiger partial charge in [-0.05, 0) is 45.6 Å². The highest BCUT2D eigenvalue weighted by atomic mass is 35.5. The molecule has 0 radical (unpaired) electrons. The highest BCUT2D eigenvalue weighted by Crippen LogP contribution is 2.22. The molecule has 37 heavy (non-hydrogen) atoms. The van der Waals surface area contributed by atoms with Crippen molar-refractivity contribution in [2.24, 2.45) is 22.9 Å². The predicted octanol–water partition coefficient (Wildman–Crippen LogP) is 2.02. The van der Waals surface area contributed by atoms with E-state index < -0.39 is 47.8 Å². The van der Waals surface area contributed by atoms with Crippen molar-refractivity contribution in [2.75, 3.05) is 13.1 Å². The zero-order valence-corrected chi connectivity index (χ0v) is 19.9. The molecule has 3 unspecified atom stereocenters. The monoisotopic (exact) mass is 582 g/mol. The molecule has 228 valence electrons. The highest BCUT2D eigenvalue weighted by molar-refractivity contribution is 5.87. The number of carboxylic acids is 1. The number of halogens is 7. The summed E-state index contributed by atoms with van der Waals surface area (Å²) >= 11 is 0. The van der Waals surface area contributed by atoms with Crippen molar-refractivity contribution in [1.29, 1.82) is 5.26 Å². The van der Waals surface area contributed by atoms with Crippen molar-refractivity contribution in [2.45, 2.75) is 96.2 Å². The fourth-order valence-corrected chi connectivity index (χ4v) is 2.21. The number of nitriles is 1. The second-order valence-electron chi connectivity index (χ2n) is 7.70. The Morgan fingerprint density at radius 2 is 1.68 bits per heavy atom. The summed E-state index contributed by atoms with van der Waals surface area (Å²) in [4.78, 5) is 21.2. The van der Waals surface area contributed by atoms with Gasteiger partial charge in [-0.2, -0.15) is 5.26 Å². The van der Waals surface area contributed by atoms with E-state index in [9.17, 15) is 35.9 Å². The molecule has 1 amide bonds. The maximum atomic E-state index is 12.2. The van der Waals surface area contributed by atoms with Crippen LogP contribution in [0.4, 0.5) is 26.3 Å². The summed E-state index contributed by atoms with van der Waals surface area (Å²) < 4.78 is 72.4. The van der Waals surface area contributed by atoms with E-state index in [1.165, 1.54) is 6.92 Å². The molecule has 1 heterocycles. The number of aliphatic carboxylic acids is 1. The zero-order valence-electron chi connectivity index (χ0n) is 19.1. The first-order chi connectivity index (χ1) is 15.0. The number of carbonyl (C=O) groups is 2. The first kappa shape index (κ1) is 48.2. The van der Waals surface area contributed by atoms with Gasteiger partial charge in [0.15, 0.2) is 11.1 Å². The number of nitrogens with zero attached hydrogens (tertiary/aromatic N) is 1. The lowest BCUT2D eigenvalue weighted by Crippen LogP contribution is -2.61. The molecular weight excluding hydrogens is 538 g/mol. The Morgan fingerprint density at radius 3 is 1.95 bits per heavy atom. The summed E-state index contributed by atoms with van der Waals surface area (Å²) in [6, 6.07) is 1.77. The van der Waals surface area contributed by atoms with Crippen LogP contribution < -0.4 is 28.3 Å². The first-order valence-electron chi connectivity index (χ1n) is 9.82. The fourth-order valence-electron chi connectivity index (χ4n) is 2.21. The van der Waals surface area contributed by atoms with E-state index in [0.29, 0.717) is 13.0 Å². The molecule has 1 aliphatic rings. The van der Waals surface area contributed by atoms with Crippen LogP contribution >= 0.6 is 12.4 Å². The Morgan fingerprint density at radius 1 is 1.19 bits per heavy atom. The minimum Gasteiger partial charge on any atom is -0.480 e. The number of nitrogens with one attached hydrogen (secondary N) is 1. The van der Waals surface area contributed by atoms with Crippen LogP contribution in [0.15, 0.2) is 0 Å². The van der Waals surface area contributed by atoms with E-state index >= 15 is 0 Å². The zero-order chi connectivity index (χ0) is 26.5. The number of carbonyl (C=O) groups excluding carboxylic acids is 1. The van der Waals surface area contributed by atoms with E-state index in [1.807, 2.05) is 0 Å². The summed E-state index contributed by atoms with van der Waals surface area (Å²) in [5.74, 6) is -2.43. The molecule has 1 rings (SSSR count). The van der Waals surface area contributed by atoms with Crippen LogP contribution in [0.3, 0.4) is 0 Å². The van der Waals surface area contributed by atoms with Crippen molar-refractivity contribution in [3.63, 3.8) is 0 Å². The van der Waals surface area contributed by atoms with Crippen molar-refractivity contribution in [3.05, 3.63) is 0 Å². The molecule has 0 aliphatic carbocycles.